The molecule has 0 spiro atoms. The van der Waals surface area contributed by atoms with Crippen molar-refractivity contribution in [3.8, 4) is 5.88 Å². The number of carbonyl (C=O) groups excluding carboxylic acids is 1. The molecule has 120 valence electrons. The van der Waals surface area contributed by atoms with Crippen LogP contribution in [0.2, 0.25) is 0 Å². The fourth-order valence-corrected chi connectivity index (χ4v) is 3.30. The van der Waals surface area contributed by atoms with Gasteiger partial charge in [0.15, 0.2) is 0 Å². The average Bonchev–Trinajstić information content (AvgIpc) is 3.03. The zero-order chi connectivity index (χ0) is 16.2. The monoisotopic (exact) mass is 336 g/mol. The van der Waals surface area contributed by atoms with Gasteiger partial charge >= 0.3 is 0 Å². The van der Waals surface area contributed by atoms with E-state index in [4.69, 9.17) is 4.74 Å². The zero-order valence-corrected chi connectivity index (χ0v) is 12.9. The smallest absolute Gasteiger partial charge is 0.261 e. The number of pyridine rings is 1. The molecule has 1 fully saturated rings. The first-order chi connectivity index (χ1) is 11.1. The molecule has 1 aromatic heterocycles. The number of nitrogens with one attached hydrogen (secondary N) is 1. The standard InChI is InChI=1S/C16H14F2N2O2S/c17-10-3-4-14(13(18)8-10)20-15(21)12-2-1-6-19-16(12)22-11-5-7-23-9-11/h1-4,6,8,11H,5,7,9H2,(H,20,21). The minimum absolute atomic E-state index is 0.0176. The van der Waals surface area contributed by atoms with Gasteiger partial charge in [-0.2, -0.15) is 11.8 Å². The van der Waals surface area contributed by atoms with E-state index < -0.39 is 17.5 Å². The van der Waals surface area contributed by atoms with Gasteiger partial charge in [-0.15, -0.1) is 0 Å². The number of amides is 1. The van der Waals surface area contributed by atoms with Crippen LogP contribution >= 0.6 is 11.8 Å². The number of rotatable bonds is 4. The topological polar surface area (TPSA) is 51.2 Å². The average molecular weight is 336 g/mol. The van der Waals surface area contributed by atoms with E-state index in [-0.39, 0.29) is 23.2 Å². The predicted molar refractivity (Wildman–Crippen MR) is 84.9 cm³/mol. The minimum Gasteiger partial charge on any atom is -0.473 e. The summed E-state index contributed by atoms with van der Waals surface area (Å²) in [5, 5.41) is 2.41. The van der Waals surface area contributed by atoms with Crippen molar-refractivity contribution in [1.29, 1.82) is 0 Å². The first kappa shape index (κ1) is 15.7. The quantitative estimate of drug-likeness (QED) is 0.928. The molecule has 7 heteroatoms. The molecule has 23 heavy (non-hydrogen) atoms. The third kappa shape index (κ3) is 3.79. The van der Waals surface area contributed by atoms with E-state index in [0.29, 0.717) is 6.07 Å². The van der Waals surface area contributed by atoms with Crippen molar-refractivity contribution in [2.24, 2.45) is 0 Å². The Balaban J connectivity index is 1.78. The second-order valence-electron chi connectivity index (χ2n) is 5.04. The molecule has 1 atom stereocenters. The van der Waals surface area contributed by atoms with Crippen LogP contribution in [0.1, 0.15) is 16.8 Å². The maximum Gasteiger partial charge on any atom is 0.261 e. The second kappa shape index (κ2) is 6.95. The van der Waals surface area contributed by atoms with Gasteiger partial charge in [-0.05, 0) is 36.4 Å². The van der Waals surface area contributed by atoms with Gasteiger partial charge < -0.3 is 10.1 Å². The Morgan fingerprint density at radius 1 is 1.35 bits per heavy atom. The fraction of sp³-hybridized carbons (Fsp3) is 0.250. The van der Waals surface area contributed by atoms with Crippen molar-refractivity contribution >= 4 is 23.4 Å². The number of nitrogens with zero attached hydrogens (tertiary/aromatic N) is 1. The summed E-state index contributed by atoms with van der Waals surface area (Å²) in [6.45, 7) is 0. The van der Waals surface area contributed by atoms with Crippen molar-refractivity contribution in [2.75, 3.05) is 16.8 Å². The molecule has 2 heterocycles. The maximum atomic E-state index is 13.7. The second-order valence-corrected chi connectivity index (χ2v) is 6.19. The molecule has 3 rings (SSSR count). The van der Waals surface area contributed by atoms with Gasteiger partial charge in [-0.1, -0.05) is 0 Å². The van der Waals surface area contributed by atoms with Crippen LogP contribution in [-0.2, 0) is 0 Å². The van der Waals surface area contributed by atoms with Gasteiger partial charge in [0, 0.05) is 18.0 Å². The van der Waals surface area contributed by atoms with Crippen molar-refractivity contribution < 1.29 is 18.3 Å². The number of halogens is 2. The first-order valence-corrected chi connectivity index (χ1v) is 8.25. The summed E-state index contributed by atoms with van der Waals surface area (Å²) in [6.07, 6.45) is 2.45. The van der Waals surface area contributed by atoms with Crippen LogP contribution in [0.25, 0.3) is 0 Å². The highest BCUT2D eigenvalue weighted by atomic mass is 32.2. The van der Waals surface area contributed by atoms with E-state index in [0.717, 1.165) is 24.0 Å². The summed E-state index contributed by atoms with van der Waals surface area (Å²) in [5.74, 6) is -0.00450. The number of benzene rings is 1. The highest BCUT2D eigenvalue weighted by molar-refractivity contribution is 7.99. The molecule has 1 aromatic carbocycles. The maximum absolute atomic E-state index is 13.7. The number of hydrogen-bond donors (Lipinski definition) is 1. The lowest BCUT2D eigenvalue weighted by Gasteiger charge is -2.14. The Morgan fingerprint density at radius 2 is 2.22 bits per heavy atom. The number of carbonyl (C=O) groups is 1. The summed E-state index contributed by atoms with van der Waals surface area (Å²) in [5.41, 5.74) is 0.121. The number of hydrogen-bond acceptors (Lipinski definition) is 4. The minimum atomic E-state index is -0.836. The number of aromatic nitrogens is 1. The Hall–Kier alpha value is -2.15. The number of ether oxygens (including phenoxy) is 1. The Bertz CT molecular complexity index is 721. The SMILES string of the molecule is O=C(Nc1ccc(F)cc1F)c1cccnc1OC1CCSC1. The largest absolute Gasteiger partial charge is 0.473 e. The van der Waals surface area contributed by atoms with E-state index in [1.54, 1.807) is 23.9 Å². The Labute approximate surface area is 136 Å². The highest BCUT2D eigenvalue weighted by Crippen LogP contribution is 2.25. The molecule has 0 aliphatic carbocycles. The molecule has 1 aliphatic rings. The molecule has 0 bridgehead atoms. The van der Waals surface area contributed by atoms with E-state index in [1.807, 2.05) is 0 Å². The lowest BCUT2D eigenvalue weighted by Crippen LogP contribution is -2.20. The molecule has 0 saturated carbocycles. The van der Waals surface area contributed by atoms with Crippen molar-refractivity contribution in [3.63, 3.8) is 0 Å². The summed E-state index contributed by atoms with van der Waals surface area (Å²) < 4.78 is 32.3. The molecule has 1 aliphatic heterocycles. The molecular weight excluding hydrogens is 322 g/mol. The van der Waals surface area contributed by atoms with Gasteiger partial charge in [-0.25, -0.2) is 13.8 Å². The number of anilines is 1. The Morgan fingerprint density at radius 3 is 2.96 bits per heavy atom. The van der Waals surface area contributed by atoms with Gasteiger partial charge in [-0.3, -0.25) is 4.79 Å². The van der Waals surface area contributed by atoms with Gasteiger partial charge in [0.1, 0.15) is 23.3 Å². The molecule has 0 radical (unpaired) electrons. The highest BCUT2D eigenvalue weighted by Gasteiger charge is 2.21. The summed E-state index contributed by atoms with van der Waals surface area (Å²) in [7, 11) is 0. The molecular formula is C16H14F2N2O2S. The van der Waals surface area contributed by atoms with Crippen LogP contribution in [0.3, 0.4) is 0 Å². The van der Waals surface area contributed by atoms with Crippen LogP contribution in [0, 0.1) is 11.6 Å². The predicted octanol–water partition coefficient (Wildman–Crippen LogP) is 3.50. The Kier molecular flexibility index (Phi) is 4.76. The third-order valence-electron chi connectivity index (χ3n) is 3.36. The summed E-state index contributed by atoms with van der Waals surface area (Å²) in [6, 6.07) is 6.13. The zero-order valence-electron chi connectivity index (χ0n) is 12.1. The fourth-order valence-electron chi connectivity index (χ4n) is 2.20. The third-order valence-corrected chi connectivity index (χ3v) is 4.49. The first-order valence-electron chi connectivity index (χ1n) is 7.09. The molecule has 1 N–H and O–H groups in total. The van der Waals surface area contributed by atoms with Crippen molar-refractivity contribution in [1.82, 2.24) is 4.98 Å². The van der Waals surface area contributed by atoms with Crippen LogP contribution in [0.4, 0.5) is 14.5 Å². The van der Waals surface area contributed by atoms with E-state index >= 15 is 0 Å². The summed E-state index contributed by atoms with van der Waals surface area (Å²) >= 11 is 1.78. The van der Waals surface area contributed by atoms with Crippen LogP contribution < -0.4 is 10.1 Å². The van der Waals surface area contributed by atoms with E-state index in [9.17, 15) is 13.6 Å². The summed E-state index contributed by atoms with van der Waals surface area (Å²) in [4.78, 5) is 16.4. The van der Waals surface area contributed by atoms with E-state index in [2.05, 4.69) is 10.3 Å². The van der Waals surface area contributed by atoms with Gasteiger partial charge in [0.25, 0.3) is 5.91 Å². The van der Waals surface area contributed by atoms with Crippen LogP contribution in [-0.4, -0.2) is 28.5 Å². The molecule has 4 nitrogen and oxygen atoms in total. The normalized spacial score (nSPS) is 17.0. The van der Waals surface area contributed by atoms with E-state index in [1.165, 1.54) is 12.3 Å². The molecule has 1 unspecified atom stereocenters. The van der Waals surface area contributed by atoms with Crippen LogP contribution in [0.15, 0.2) is 36.5 Å². The van der Waals surface area contributed by atoms with Crippen molar-refractivity contribution in [2.45, 2.75) is 12.5 Å². The van der Waals surface area contributed by atoms with Crippen molar-refractivity contribution in [3.05, 3.63) is 53.7 Å². The van der Waals surface area contributed by atoms with Crippen LogP contribution in [0.5, 0.6) is 5.88 Å². The van der Waals surface area contributed by atoms with Gasteiger partial charge in [0.2, 0.25) is 5.88 Å². The molecule has 1 amide bonds. The lowest BCUT2D eigenvalue weighted by molar-refractivity contribution is 0.101. The lowest BCUT2D eigenvalue weighted by atomic mass is 10.2. The number of thioether (sulfide) groups is 1. The molecule has 2 aromatic rings. The molecule has 1 saturated heterocycles. The van der Waals surface area contributed by atoms with Gasteiger partial charge in [0.05, 0.1) is 5.69 Å².